The van der Waals surface area contributed by atoms with E-state index in [1.807, 2.05) is 24.4 Å². The maximum Gasteiger partial charge on any atom is 0.0702 e. The standard InChI is InChI=1S/C15H20N2/c1-4-15(2,3)14(16)12-9-11-7-5-6-8-13(11)17-10-12/h5-10,14H,4,16H2,1-3H3. The van der Waals surface area contributed by atoms with Crippen molar-refractivity contribution in [3.63, 3.8) is 0 Å². The van der Waals surface area contributed by atoms with E-state index in [-0.39, 0.29) is 11.5 Å². The van der Waals surface area contributed by atoms with Crippen LogP contribution in [0.2, 0.25) is 0 Å². The summed E-state index contributed by atoms with van der Waals surface area (Å²) in [6.07, 6.45) is 2.96. The first-order valence-electron chi connectivity index (χ1n) is 6.15. The minimum absolute atomic E-state index is 0.0320. The quantitative estimate of drug-likeness (QED) is 0.870. The number of hydrogen-bond acceptors (Lipinski definition) is 2. The van der Waals surface area contributed by atoms with Crippen LogP contribution in [-0.2, 0) is 0 Å². The van der Waals surface area contributed by atoms with Crippen molar-refractivity contribution in [2.75, 3.05) is 0 Å². The molecule has 17 heavy (non-hydrogen) atoms. The third-order valence-electron chi connectivity index (χ3n) is 3.72. The van der Waals surface area contributed by atoms with E-state index >= 15 is 0 Å². The van der Waals surface area contributed by atoms with E-state index in [9.17, 15) is 0 Å². The molecule has 1 atom stereocenters. The van der Waals surface area contributed by atoms with Crippen molar-refractivity contribution in [2.45, 2.75) is 33.2 Å². The summed E-state index contributed by atoms with van der Waals surface area (Å²) < 4.78 is 0. The molecule has 2 rings (SSSR count). The Kier molecular flexibility index (Phi) is 3.16. The Hall–Kier alpha value is -1.41. The van der Waals surface area contributed by atoms with Crippen molar-refractivity contribution in [1.29, 1.82) is 0 Å². The highest BCUT2D eigenvalue weighted by atomic mass is 14.7. The van der Waals surface area contributed by atoms with Gasteiger partial charge < -0.3 is 5.73 Å². The van der Waals surface area contributed by atoms with Crippen LogP contribution in [0.3, 0.4) is 0 Å². The lowest BCUT2D eigenvalue weighted by atomic mass is 9.79. The second-order valence-corrected chi connectivity index (χ2v) is 5.28. The van der Waals surface area contributed by atoms with Crippen LogP contribution in [0.15, 0.2) is 36.5 Å². The molecule has 0 radical (unpaired) electrons. The number of para-hydroxylation sites is 1. The molecule has 0 aliphatic heterocycles. The number of rotatable bonds is 3. The average Bonchev–Trinajstić information content (AvgIpc) is 2.37. The smallest absolute Gasteiger partial charge is 0.0702 e. The Morgan fingerprint density at radius 1 is 1.29 bits per heavy atom. The largest absolute Gasteiger partial charge is 0.323 e. The second-order valence-electron chi connectivity index (χ2n) is 5.28. The zero-order valence-electron chi connectivity index (χ0n) is 10.8. The molecule has 1 unspecified atom stereocenters. The summed E-state index contributed by atoms with van der Waals surface area (Å²) in [6, 6.07) is 10.3. The summed E-state index contributed by atoms with van der Waals surface area (Å²) in [5.74, 6) is 0. The molecule has 0 aliphatic carbocycles. The third-order valence-corrected chi connectivity index (χ3v) is 3.72. The molecule has 2 heteroatoms. The molecule has 0 amide bonds. The van der Waals surface area contributed by atoms with Gasteiger partial charge in [0.05, 0.1) is 5.52 Å². The van der Waals surface area contributed by atoms with Gasteiger partial charge in [-0.25, -0.2) is 0 Å². The molecule has 0 bridgehead atoms. The molecule has 1 aromatic carbocycles. The molecule has 1 aromatic heterocycles. The van der Waals surface area contributed by atoms with Crippen LogP contribution in [0.4, 0.5) is 0 Å². The fraction of sp³-hybridized carbons (Fsp3) is 0.400. The first-order valence-corrected chi connectivity index (χ1v) is 6.15. The van der Waals surface area contributed by atoms with Gasteiger partial charge in [0, 0.05) is 17.6 Å². The Balaban J connectivity index is 2.43. The summed E-state index contributed by atoms with van der Waals surface area (Å²) in [4.78, 5) is 4.47. The zero-order valence-corrected chi connectivity index (χ0v) is 10.8. The molecule has 0 fully saturated rings. The van der Waals surface area contributed by atoms with E-state index in [1.165, 1.54) is 0 Å². The molecule has 2 nitrogen and oxygen atoms in total. The number of benzene rings is 1. The van der Waals surface area contributed by atoms with Crippen LogP contribution >= 0.6 is 0 Å². The van der Waals surface area contributed by atoms with Gasteiger partial charge in [-0.15, -0.1) is 0 Å². The van der Waals surface area contributed by atoms with Gasteiger partial charge in [-0.2, -0.15) is 0 Å². The van der Waals surface area contributed by atoms with Crippen LogP contribution in [-0.4, -0.2) is 4.98 Å². The van der Waals surface area contributed by atoms with Crippen LogP contribution in [0.1, 0.15) is 38.8 Å². The van der Waals surface area contributed by atoms with E-state index in [1.54, 1.807) is 0 Å². The van der Waals surface area contributed by atoms with Gasteiger partial charge >= 0.3 is 0 Å². The minimum Gasteiger partial charge on any atom is -0.323 e. The van der Waals surface area contributed by atoms with Crippen molar-refractivity contribution < 1.29 is 0 Å². The van der Waals surface area contributed by atoms with E-state index < -0.39 is 0 Å². The average molecular weight is 228 g/mol. The first kappa shape index (κ1) is 12.1. The van der Waals surface area contributed by atoms with Gasteiger partial charge in [0.1, 0.15) is 0 Å². The monoisotopic (exact) mass is 228 g/mol. The molecule has 0 aliphatic rings. The van der Waals surface area contributed by atoms with Gasteiger partial charge in [-0.05, 0) is 29.5 Å². The lowest BCUT2D eigenvalue weighted by molar-refractivity contribution is 0.278. The lowest BCUT2D eigenvalue weighted by Crippen LogP contribution is -2.28. The number of nitrogens with two attached hydrogens (primary N) is 1. The topological polar surface area (TPSA) is 38.9 Å². The van der Waals surface area contributed by atoms with E-state index in [0.717, 1.165) is 22.9 Å². The van der Waals surface area contributed by atoms with Crippen LogP contribution in [0.5, 0.6) is 0 Å². The zero-order chi connectivity index (χ0) is 12.5. The Labute approximate surface area is 103 Å². The molecule has 2 N–H and O–H groups in total. The maximum absolute atomic E-state index is 6.33. The molecule has 1 heterocycles. The Morgan fingerprint density at radius 2 is 2.00 bits per heavy atom. The lowest BCUT2D eigenvalue weighted by Gasteiger charge is -2.30. The maximum atomic E-state index is 6.33. The number of hydrogen-bond donors (Lipinski definition) is 1. The molecular weight excluding hydrogens is 208 g/mol. The minimum atomic E-state index is 0.0320. The number of aromatic nitrogens is 1. The van der Waals surface area contributed by atoms with Gasteiger partial charge in [-0.1, -0.05) is 39.0 Å². The highest BCUT2D eigenvalue weighted by molar-refractivity contribution is 5.78. The van der Waals surface area contributed by atoms with Crippen LogP contribution < -0.4 is 5.73 Å². The SMILES string of the molecule is CCC(C)(C)C(N)c1cnc2ccccc2c1. The van der Waals surface area contributed by atoms with Gasteiger partial charge in [-0.3, -0.25) is 4.98 Å². The molecule has 90 valence electrons. The fourth-order valence-corrected chi connectivity index (χ4v) is 1.93. The number of nitrogens with zero attached hydrogens (tertiary/aromatic N) is 1. The molecule has 0 spiro atoms. The number of fused-ring (bicyclic) bond motifs is 1. The number of pyridine rings is 1. The molecule has 0 saturated carbocycles. The molecule has 0 saturated heterocycles. The van der Waals surface area contributed by atoms with Crippen LogP contribution in [0, 0.1) is 5.41 Å². The van der Waals surface area contributed by atoms with Crippen molar-refractivity contribution in [3.8, 4) is 0 Å². The first-order chi connectivity index (χ1) is 8.04. The van der Waals surface area contributed by atoms with Crippen molar-refractivity contribution >= 4 is 10.9 Å². The van der Waals surface area contributed by atoms with E-state index in [0.29, 0.717) is 0 Å². The predicted molar refractivity (Wildman–Crippen MR) is 72.7 cm³/mol. The summed E-state index contributed by atoms with van der Waals surface area (Å²) in [5.41, 5.74) is 8.58. The highest BCUT2D eigenvalue weighted by Crippen LogP contribution is 2.34. The van der Waals surface area contributed by atoms with Crippen molar-refractivity contribution in [2.24, 2.45) is 11.1 Å². The van der Waals surface area contributed by atoms with E-state index in [2.05, 4.69) is 37.9 Å². The fourth-order valence-electron chi connectivity index (χ4n) is 1.93. The van der Waals surface area contributed by atoms with Crippen LogP contribution in [0.25, 0.3) is 10.9 Å². The second kappa shape index (κ2) is 4.46. The van der Waals surface area contributed by atoms with Crippen molar-refractivity contribution in [1.82, 2.24) is 4.98 Å². The summed E-state index contributed by atoms with van der Waals surface area (Å²) in [7, 11) is 0. The molecular formula is C15H20N2. The van der Waals surface area contributed by atoms with Gasteiger partial charge in [0.15, 0.2) is 0 Å². The Bertz CT molecular complexity index is 517. The van der Waals surface area contributed by atoms with Crippen molar-refractivity contribution in [3.05, 3.63) is 42.1 Å². The summed E-state index contributed by atoms with van der Waals surface area (Å²) in [6.45, 7) is 6.58. The normalized spacial score (nSPS) is 13.9. The highest BCUT2D eigenvalue weighted by Gasteiger charge is 2.25. The Morgan fingerprint density at radius 3 is 2.71 bits per heavy atom. The van der Waals surface area contributed by atoms with Gasteiger partial charge in [0.2, 0.25) is 0 Å². The van der Waals surface area contributed by atoms with E-state index in [4.69, 9.17) is 5.73 Å². The molecule has 2 aromatic rings. The van der Waals surface area contributed by atoms with Gasteiger partial charge in [0.25, 0.3) is 0 Å². The summed E-state index contributed by atoms with van der Waals surface area (Å²) >= 11 is 0. The predicted octanol–water partition coefficient (Wildman–Crippen LogP) is 3.67. The third kappa shape index (κ3) is 2.32. The summed E-state index contributed by atoms with van der Waals surface area (Å²) in [5, 5.41) is 1.16.